The monoisotopic (exact) mass is 991 g/mol. The number of carbonyl (C=O) groups excluding carboxylic acids is 1. The summed E-state index contributed by atoms with van der Waals surface area (Å²) in [5, 5.41) is 9.22. The Balaban J connectivity index is 1.47. The summed E-state index contributed by atoms with van der Waals surface area (Å²) in [6.45, 7) is 0.451. The molecule has 1 saturated heterocycles. The molecule has 0 spiro atoms. The molecule has 4 aromatic carbocycles. The van der Waals surface area contributed by atoms with Crippen LogP contribution in [0, 0.1) is 5.41 Å². The van der Waals surface area contributed by atoms with Crippen LogP contribution < -0.4 is 43.0 Å². The van der Waals surface area contributed by atoms with Gasteiger partial charge in [-0.25, -0.2) is 0 Å². The van der Waals surface area contributed by atoms with Crippen molar-refractivity contribution < 1.29 is 81.2 Å². The first-order chi connectivity index (χ1) is 31.7. The van der Waals surface area contributed by atoms with Crippen LogP contribution in [0.3, 0.4) is 0 Å². The zero-order valence-electron chi connectivity index (χ0n) is 35.4. The van der Waals surface area contributed by atoms with Crippen molar-refractivity contribution in [2.45, 2.75) is 31.6 Å². The molecule has 0 aliphatic carbocycles. The third-order valence-corrected chi connectivity index (χ3v) is 10.1. The maximum Gasteiger partial charge on any atom is 0.416 e. The van der Waals surface area contributed by atoms with Crippen LogP contribution >= 0.6 is 0 Å². The van der Waals surface area contributed by atoms with Gasteiger partial charge in [-0.3, -0.25) is 24.0 Å². The summed E-state index contributed by atoms with van der Waals surface area (Å²) in [7, 11) is 0. The highest BCUT2D eigenvalue weighted by molar-refractivity contribution is 5.86. The number of benzene rings is 2. The van der Waals surface area contributed by atoms with Crippen molar-refractivity contribution >= 4 is 40.0 Å². The van der Waals surface area contributed by atoms with Crippen LogP contribution in [0.5, 0.6) is 0 Å². The number of alkyl halides is 12. The van der Waals surface area contributed by atoms with Gasteiger partial charge in [0.2, 0.25) is 5.91 Å². The molecule has 0 atom stereocenters. The average Bonchev–Trinajstić information content (AvgIpc) is 3.26. The number of halogens is 12. The SMILES string of the molecule is CC(CNc1c(Nc2cc(C(F)(F)F)cc(C(F)(F)F)c2)c(=O)c1=O)(CNc1c(Nc2cc(C(F)(F)F)cc(C(F)(F)F)c2)c(=O)c1=O)C(=O)N1CCOCCOCCOCCOCCOCC1. The molecule has 1 aliphatic rings. The molecule has 68 heavy (non-hydrogen) atoms. The topological polar surface area (TPSA) is 183 Å². The molecular formula is C41H41F12N5O10. The lowest BCUT2D eigenvalue weighted by Crippen LogP contribution is -2.52. The molecule has 374 valence electrons. The number of carbonyl (C=O) groups is 1. The lowest BCUT2D eigenvalue weighted by Gasteiger charge is -2.36. The largest absolute Gasteiger partial charge is 0.416 e. The number of hydrogen-bond acceptors (Lipinski definition) is 14. The van der Waals surface area contributed by atoms with E-state index < -0.39 is 127 Å². The van der Waals surface area contributed by atoms with E-state index in [2.05, 4.69) is 21.3 Å². The van der Waals surface area contributed by atoms with Crippen molar-refractivity contribution in [2.24, 2.45) is 5.41 Å². The van der Waals surface area contributed by atoms with Gasteiger partial charge in [0.05, 0.1) is 93.7 Å². The molecule has 4 aromatic rings. The number of hydrogen-bond donors (Lipinski definition) is 4. The summed E-state index contributed by atoms with van der Waals surface area (Å²) in [6.07, 6.45) is -21.2. The van der Waals surface area contributed by atoms with Gasteiger partial charge >= 0.3 is 24.7 Å². The van der Waals surface area contributed by atoms with Gasteiger partial charge in [-0.1, -0.05) is 0 Å². The summed E-state index contributed by atoms with van der Waals surface area (Å²) in [4.78, 5) is 67.0. The van der Waals surface area contributed by atoms with Crippen LogP contribution in [-0.2, 0) is 53.2 Å². The van der Waals surface area contributed by atoms with E-state index >= 15 is 0 Å². The first-order valence-electron chi connectivity index (χ1n) is 20.2. The van der Waals surface area contributed by atoms with Crippen molar-refractivity contribution in [3.8, 4) is 0 Å². The molecule has 1 aliphatic heterocycles. The minimum absolute atomic E-state index is 0.0504. The van der Waals surface area contributed by atoms with E-state index in [1.54, 1.807) is 0 Å². The van der Waals surface area contributed by atoms with Crippen LogP contribution in [0.1, 0.15) is 29.2 Å². The van der Waals surface area contributed by atoms with Crippen molar-refractivity contribution in [3.63, 3.8) is 0 Å². The van der Waals surface area contributed by atoms with Crippen LogP contribution in [0.2, 0.25) is 0 Å². The summed E-state index contributed by atoms with van der Waals surface area (Å²) < 4.78 is 191. The number of amides is 1. The summed E-state index contributed by atoms with van der Waals surface area (Å²) in [5.74, 6) is -0.842. The Kier molecular flexibility index (Phi) is 17.0. The molecule has 15 nitrogen and oxygen atoms in total. The fourth-order valence-electron chi connectivity index (χ4n) is 6.51. The Morgan fingerprint density at radius 3 is 1.00 bits per heavy atom. The Hall–Kier alpha value is -5.77. The minimum Gasteiger partial charge on any atom is -0.379 e. The van der Waals surface area contributed by atoms with E-state index in [9.17, 15) is 76.7 Å². The van der Waals surface area contributed by atoms with Crippen LogP contribution in [-0.4, -0.2) is 103 Å². The van der Waals surface area contributed by atoms with Gasteiger partial charge < -0.3 is 49.9 Å². The smallest absolute Gasteiger partial charge is 0.379 e. The molecule has 0 unspecified atom stereocenters. The van der Waals surface area contributed by atoms with Crippen molar-refractivity contribution in [1.82, 2.24) is 4.90 Å². The number of anilines is 6. The number of nitrogens with zero attached hydrogens (tertiary/aromatic N) is 1. The van der Waals surface area contributed by atoms with Crippen LogP contribution in [0.4, 0.5) is 86.8 Å². The fourth-order valence-corrected chi connectivity index (χ4v) is 6.51. The Morgan fingerprint density at radius 2 is 0.721 bits per heavy atom. The van der Waals surface area contributed by atoms with E-state index in [1.807, 2.05) is 0 Å². The normalized spacial score (nSPS) is 16.3. The Labute approximate surface area is 376 Å². The second kappa shape index (κ2) is 21.7. The highest BCUT2D eigenvalue weighted by atomic mass is 19.4. The lowest BCUT2D eigenvalue weighted by atomic mass is 9.87. The Bertz CT molecular complexity index is 2300. The van der Waals surface area contributed by atoms with Crippen LogP contribution in [0.15, 0.2) is 55.6 Å². The molecule has 4 N–H and O–H groups in total. The van der Waals surface area contributed by atoms with E-state index in [4.69, 9.17) is 23.7 Å². The molecular weight excluding hydrogens is 950 g/mol. The van der Waals surface area contributed by atoms with Gasteiger partial charge in [0, 0.05) is 37.6 Å². The van der Waals surface area contributed by atoms with Gasteiger partial charge in [-0.05, 0) is 43.3 Å². The van der Waals surface area contributed by atoms with Gasteiger partial charge in [0.25, 0.3) is 21.7 Å². The zero-order valence-corrected chi connectivity index (χ0v) is 35.4. The Morgan fingerprint density at radius 1 is 0.456 bits per heavy atom. The highest BCUT2D eigenvalue weighted by Crippen LogP contribution is 2.40. The average molecular weight is 992 g/mol. The zero-order chi connectivity index (χ0) is 50.2. The number of ether oxygens (including phenoxy) is 5. The van der Waals surface area contributed by atoms with E-state index in [0.29, 0.717) is 0 Å². The molecule has 1 fully saturated rings. The van der Waals surface area contributed by atoms with Crippen molar-refractivity contribution in [3.05, 3.63) is 99.5 Å². The third kappa shape index (κ3) is 13.7. The molecule has 27 heteroatoms. The summed E-state index contributed by atoms with van der Waals surface area (Å²) in [6, 6.07) is 0.637. The summed E-state index contributed by atoms with van der Waals surface area (Å²) >= 11 is 0. The lowest BCUT2D eigenvalue weighted by molar-refractivity contribution is -0.144. The maximum absolute atomic E-state index is 14.6. The second-order valence-corrected chi connectivity index (χ2v) is 15.3. The standard InChI is InChI=1S/C41H41F12N5O10/c1-37(36(63)58-2-4-64-6-8-66-10-12-68-13-11-67-9-7-65-5-3-58,20-54-28-30(34(61)32(28)59)56-26-16-22(38(42,43)44)14-23(17-26)39(45,46)47)21-55-29-31(35(62)33(29)60)57-27-18-24(40(48,49)50)15-25(19-27)41(51,52)53/h14-19,54-57H,2-13,20-21H2,1H3. The van der Waals surface area contributed by atoms with Gasteiger partial charge in [-0.2, -0.15) is 52.7 Å². The fraction of sp³-hybridized carbons (Fsp3) is 0.488. The minimum atomic E-state index is -5.29. The molecule has 5 rings (SSSR count). The van der Waals surface area contributed by atoms with Crippen LogP contribution in [0.25, 0.3) is 0 Å². The van der Waals surface area contributed by atoms with Gasteiger partial charge in [0.1, 0.15) is 22.7 Å². The maximum atomic E-state index is 14.6. The van der Waals surface area contributed by atoms with Gasteiger partial charge in [0.15, 0.2) is 0 Å². The predicted molar refractivity (Wildman–Crippen MR) is 218 cm³/mol. The molecule has 1 amide bonds. The van der Waals surface area contributed by atoms with Crippen molar-refractivity contribution in [2.75, 3.05) is 114 Å². The molecule has 0 bridgehead atoms. The molecule has 1 heterocycles. The van der Waals surface area contributed by atoms with E-state index in [1.165, 1.54) is 11.8 Å². The van der Waals surface area contributed by atoms with E-state index in [0.717, 1.165) is 0 Å². The first kappa shape index (κ1) is 53.2. The van der Waals surface area contributed by atoms with E-state index in [-0.39, 0.29) is 116 Å². The predicted octanol–water partition coefficient (Wildman–Crippen LogP) is 5.90. The number of nitrogens with one attached hydrogen (secondary N) is 4. The van der Waals surface area contributed by atoms with Crippen molar-refractivity contribution in [1.29, 1.82) is 0 Å². The van der Waals surface area contributed by atoms with Gasteiger partial charge in [-0.15, -0.1) is 0 Å². The first-order valence-corrected chi connectivity index (χ1v) is 20.2. The summed E-state index contributed by atoms with van der Waals surface area (Å²) in [5.41, 5.74) is -19.2. The second-order valence-electron chi connectivity index (χ2n) is 15.3. The molecule has 0 aromatic heterocycles. The molecule has 0 radical (unpaired) electrons. The number of rotatable bonds is 11. The quantitative estimate of drug-likeness (QED) is 0.103. The molecule has 0 saturated carbocycles. The highest BCUT2D eigenvalue weighted by Gasteiger charge is 2.41. The third-order valence-electron chi connectivity index (χ3n) is 10.1.